The molecule has 1 saturated heterocycles. The first-order chi connectivity index (χ1) is 22.3. The number of aliphatic hydroxyl groups is 1. The lowest BCUT2D eigenvalue weighted by atomic mass is 9.72. The molecule has 1 aliphatic rings. The maximum atomic E-state index is 13.8. The molecule has 9 heteroatoms. The maximum Gasteiger partial charge on any atom is 0.406 e. The van der Waals surface area contributed by atoms with E-state index in [1.807, 2.05) is 66.4 Å². The number of nitrogens with one attached hydrogen (secondary N) is 2. The van der Waals surface area contributed by atoms with Crippen molar-refractivity contribution in [3.05, 3.63) is 94.0 Å². The van der Waals surface area contributed by atoms with Crippen LogP contribution in [0.3, 0.4) is 0 Å². The molecule has 0 bridgehead atoms. The van der Waals surface area contributed by atoms with Crippen molar-refractivity contribution in [3.8, 4) is 11.1 Å². The Morgan fingerprint density at radius 2 is 1.83 bits per heavy atom. The highest BCUT2D eigenvalue weighted by molar-refractivity contribution is 6.33. The molecular formula is C37H48ClN3O5. The van der Waals surface area contributed by atoms with E-state index in [1.54, 1.807) is 0 Å². The number of carbonyl (C=O) groups excluding carboxylic acids is 2. The lowest BCUT2D eigenvalue weighted by Crippen LogP contribution is -2.48. The molecule has 3 aromatic carbocycles. The zero-order valence-corrected chi connectivity index (χ0v) is 28.1. The number of amides is 2. The molecular weight excluding hydrogens is 602 g/mol. The number of rotatable bonds is 15. The van der Waals surface area contributed by atoms with E-state index in [4.69, 9.17) is 21.1 Å². The third kappa shape index (κ3) is 9.10. The number of likely N-dealkylation sites (tertiary alicyclic amines) is 1. The number of carbonyl (C=O) groups is 2. The van der Waals surface area contributed by atoms with Crippen molar-refractivity contribution in [2.75, 3.05) is 46.5 Å². The van der Waals surface area contributed by atoms with Crippen molar-refractivity contribution in [1.29, 1.82) is 0 Å². The molecule has 46 heavy (non-hydrogen) atoms. The van der Waals surface area contributed by atoms with Gasteiger partial charge in [0.05, 0.1) is 19.3 Å². The highest BCUT2D eigenvalue weighted by Crippen LogP contribution is 2.45. The Balaban J connectivity index is 1.59. The molecule has 248 valence electrons. The molecule has 0 aliphatic carbocycles. The molecule has 3 aromatic rings. The number of ether oxygens (including phenoxy) is 2. The molecule has 1 heterocycles. The van der Waals surface area contributed by atoms with Gasteiger partial charge in [0.2, 0.25) is 0 Å². The molecule has 2 amide bonds. The monoisotopic (exact) mass is 649 g/mol. The van der Waals surface area contributed by atoms with Gasteiger partial charge < -0.3 is 30.1 Å². The summed E-state index contributed by atoms with van der Waals surface area (Å²) in [5.74, 6) is -0.291. The summed E-state index contributed by atoms with van der Waals surface area (Å²) in [4.78, 5) is 27.4. The van der Waals surface area contributed by atoms with Gasteiger partial charge in [0.15, 0.2) is 0 Å². The largest absolute Gasteiger partial charge is 0.453 e. The Morgan fingerprint density at radius 1 is 1.04 bits per heavy atom. The second-order valence-electron chi connectivity index (χ2n) is 11.8. The normalized spacial score (nSPS) is 16.1. The van der Waals surface area contributed by atoms with Crippen molar-refractivity contribution in [2.45, 2.75) is 58.1 Å². The fourth-order valence-corrected chi connectivity index (χ4v) is 6.61. The van der Waals surface area contributed by atoms with E-state index >= 15 is 0 Å². The molecule has 0 aromatic heterocycles. The molecule has 0 saturated carbocycles. The third-order valence-corrected chi connectivity index (χ3v) is 9.15. The Kier molecular flexibility index (Phi) is 13.5. The molecule has 4 rings (SSSR count). The van der Waals surface area contributed by atoms with E-state index in [0.717, 1.165) is 48.1 Å². The van der Waals surface area contributed by atoms with Crippen LogP contribution in [-0.2, 0) is 28.0 Å². The average molecular weight is 650 g/mol. The van der Waals surface area contributed by atoms with Crippen molar-refractivity contribution in [1.82, 2.24) is 15.5 Å². The quantitative estimate of drug-likeness (QED) is 0.161. The van der Waals surface area contributed by atoms with Crippen LogP contribution in [0.5, 0.6) is 0 Å². The molecule has 2 atom stereocenters. The minimum atomic E-state index is -1.31. The van der Waals surface area contributed by atoms with Crippen LogP contribution in [0.2, 0.25) is 5.02 Å². The average Bonchev–Trinajstić information content (AvgIpc) is 3.09. The van der Waals surface area contributed by atoms with E-state index in [-0.39, 0.29) is 11.8 Å². The van der Waals surface area contributed by atoms with Crippen molar-refractivity contribution < 1.29 is 24.2 Å². The van der Waals surface area contributed by atoms with Crippen LogP contribution in [-0.4, -0.2) is 68.5 Å². The number of methoxy groups -OCH3 is 1. The second kappa shape index (κ2) is 17.5. The first-order valence-electron chi connectivity index (χ1n) is 16.4. The summed E-state index contributed by atoms with van der Waals surface area (Å²) in [7, 11) is 1.33. The molecule has 1 aliphatic heterocycles. The minimum Gasteiger partial charge on any atom is -0.453 e. The minimum absolute atomic E-state index is 0.0442. The second-order valence-corrected chi connectivity index (χ2v) is 12.2. The standard InChI is InChI=1S/C37H48ClN3O5/c1-4-27-10-6-11-30(24-27)34-32(13-7-14-33(34)38)37(44,19-9-20-40-36(43)45-3)31-12-8-22-41(26-31)35(42)29-17-15-28(16-18-29)25-39-21-23-46-5-2/h6-7,10-11,13-18,24,31,39,44H,4-5,8-9,12,19-23,25-26H2,1-3H3,(H,40,43). The molecule has 0 radical (unpaired) electrons. The maximum absolute atomic E-state index is 13.8. The summed E-state index contributed by atoms with van der Waals surface area (Å²) in [6.45, 7) is 8.30. The van der Waals surface area contributed by atoms with E-state index < -0.39 is 11.7 Å². The molecule has 3 N–H and O–H groups in total. The Morgan fingerprint density at radius 3 is 2.57 bits per heavy atom. The number of hydrogen-bond donors (Lipinski definition) is 3. The first kappa shape index (κ1) is 35.4. The number of benzene rings is 3. The number of hydrogen-bond acceptors (Lipinski definition) is 6. The number of nitrogens with zero attached hydrogens (tertiary/aromatic N) is 1. The van der Waals surface area contributed by atoms with E-state index in [9.17, 15) is 14.7 Å². The van der Waals surface area contributed by atoms with Crippen LogP contribution in [0.25, 0.3) is 11.1 Å². The van der Waals surface area contributed by atoms with Crippen LogP contribution in [0.1, 0.15) is 66.6 Å². The summed E-state index contributed by atoms with van der Waals surface area (Å²) in [5.41, 5.74) is 4.09. The van der Waals surface area contributed by atoms with Gasteiger partial charge in [-0.1, -0.05) is 67.1 Å². The fraction of sp³-hybridized carbons (Fsp3) is 0.459. The predicted molar refractivity (Wildman–Crippen MR) is 183 cm³/mol. The SMILES string of the molecule is CCOCCNCc1ccc(C(=O)N2CCCC(C(O)(CCCNC(=O)OC)c3cccc(Cl)c3-c3cccc(CC)c3)C2)cc1. The first-order valence-corrected chi connectivity index (χ1v) is 16.8. The van der Waals surface area contributed by atoms with E-state index in [2.05, 4.69) is 29.7 Å². The third-order valence-electron chi connectivity index (χ3n) is 8.83. The lowest BCUT2D eigenvalue weighted by molar-refractivity contribution is -0.0563. The van der Waals surface area contributed by atoms with Crippen LogP contribution >= 0.6 is 11.6 Å². The van der Waals surface area contributed by atoms with Crippen LogP contribution < -0.4 is 10.6 Å². The number of aryl methyl sites for hydroxylation is 1. The highest BCUT2D eigenvalue weighted by atomic mass is 35.5. The molecule has 8 nitrogen and oxygen atoms in total. The van der Waals surface area contributed by atoms with Gasteiger partial charge >= 0.3 is 6.09 Å². The molecule has 2 unspecified atom stereocenters. The van der Waals surface area contributed by atoms with Gasteiger partial charge in [-0.3, -0.25) is 4.79 Å². The zero-order valence-electron chi connectivity index (χ0n) is 27.3. The summed E-state index contributed by atoms with van der Waals surface area (Å²) >= 11 is 6.89. The Labute approximate surface area is 278 Å². The summed E-state index contributed by atoms with van der Waals surface area (Å²) < 4.78 is 10.1. The van der Waals surface area contributed by atoms with Crippen molar-refractivity contribution in [2.24, 2.45) is 5.92 Å². The topological polar surface area (TPSA) is 100 Å². The van der Waals surface area contributed by atoms with Gasteiger partial charge in [-0.2, -0.15) is 0 Å². The Hall–Kier alpha value is -3.43. The van der Waals surface area contributed by atoms with Crippen molar-refractivity contribution >= 4 is 23.6 Å². The number of piperidine rings is 1. The van der Waals surface area contributed by atoms with E-state index in [1.165, 1.54) is 12.7 Å². The van der Waals surface area contributed by atoms with Gasteiger partial charge in [-0.05, 0) is 79.5 Å². The Bertz CT molecular complexity index is 1430. The van der Waals surface area contributed by atoms with Gasteiger partial charge in [0.25, 0.3) is 5.91 Å². The fourth-order valence-electron chi connectivity index (χ4n) is 6.32. The van der Waals surface area contributed by atoms with Gasteiger partial charge in [-0.15, -0.1) is 0 Å². The van der Waals surface area contributed by atoms with Crippen molar-refractivity contribution in [3.63, 3.8) is 0 Å². The number of halogens is 1. The van der Waals surface area contributed by atoms with Crippen LogP contribution in [0.15, 0.2) is 66.7 Å². The van der Waals surface area contributed by atoms with E-state index in [0.29, 0.717) is 62.8 Å². The summed E-state index contributed by atoms with van der Waals surface area (Å²) in [5, 5.41) is 19.5. The van der Waals surface area contributed by atoms with Crippen LogP contribution in [0.4, 0.5) is 4.79 Å². The van der Waals surface area contributed by atoms with Gasteiger partial charge in [0.1, 0.15) is 0 Å². The predicted octanol–water partition coefficient (Wildman–Crippen LogP) is 6.57. The van der Waals surface area contributed by atoms with Gasteiger partial charge in [0, 0.05) is 61.4 Å². The molecule has 1 fully saturated rings. The summed E-state index contributed by atoms with van der Waals surface area (Å²) in [6.07, 6.45) is 2.76. The lowest BCUT2D eigenvalue weighted by Gasteiger charge is -2.44. The number of alkyl carbamates (subject to hydrolysis) is 1. The molecule has 0 spiro atoms. The zero-order chi connectivity index (χ0) is 32.9. The van der Waals surface area contributed by atoms with Crippen LogP contribution in [0, 0.1) is 5.92 Å². The van der Waals surface area contributed by atoms with Gasteiger partial charge in [-0.25, -0.2) is 4.79 Å². The highest BCUT2D eigenvalue weighted by Gasteiger charge is 2.43. The smallest absolute Gasteiger partial charge is 0.406 e. The summed E-state index contributed by atoms with van der Waals surface area (Å²) in [6, 6.07) is 21.7.